The Kier molecular flexibility index (Phi) is 14.8. The van der Waals surface area contributed by atoms with E-state index in [4.69, 9.17) is 14.7 Å². The van der Waals surface area contributed by atoms with Gasteiger partial charge in [-0.15, -0.1) is 0 Å². The van der Waals surface area contributed by atoms with Gasteiger partial charge in [-0.3, -0.25) is 29.0 Å². The number of anilines is 1. The number of carbonyl (C=O) groups is 5. The first-order chi connectivity index (χ1) is 33.8. The van der Waals surface area contributed by atoms with Gasteiger partial charge in [0.15, 0.2) is 0 Å². The molecule has 6 atom stereocenters. The molecule has 2 saturated heterocycles. The minimum absolute atomic E-state index is 0.000226. The molecule has 5 aliphatic heterocycles. The summed E-state index contributed by atoms with van der Waals surface area (Å²) in [4.78, 5) is 83.8. The Morgan fingerprint density at radius 3 is 2.13 bits per heavy atom. The van der Waals surface area contributed by atoms with E-state index in [2.05, 4.69) is 51.3 Å². The highest BCUT2D eigenvalue weighted by atomic mass is 16.5. The van der Waals surface area contributed by atoms with Crippen LogP contribution in [0.2, 0.25) is 0 Å². The van der Waals surface area contributed by atoms with Crippen molar-refractivity contribution in [3.05, 3.63) is 82.2 Å². The number of ether oxygens (including phenoxy) is 1. The predicted octanol–water partition coefficient (Wildman–Crippen LogP) is 8.58. The summed E-state index contributed by atoms with van der Waals surface area (Å²) in [7, 11) is 0. The van der Waals surface area contributed by atoms with E-state index in [9.17, 15) is 24.0 Å². The number of likely N-dealkylation sites (tertiary alicyclic amines) is 2. The summed E-state index contributed by atoms with van der Waals surface area (Å²) in [5.41, 5.74) is 10.2. The highest BCUT2D eigenvalue weighted by molar-refractivity contribution is 5.99. The van der Waals surface area contributed by atoms with Crippen molar-refractivity contribution in [3.8, 4) is 5.75 Å². The number of nitrogens with zero attached hydrogens (tertiary/aromatic N) is 4. The maximum Gasteiger partial charge on any atom is 0.246 e. The van der Waals surface area contributed by atoms with Gasteiger partial charge in [0.2, 0.25) is 29.5 Å². The van der Waals surface area contributed by atoms with Crippen molar-refractivity contribution in [3.63, 3.8) is 0 Å². The number of nitrogens with one attached hydrogen (secondary N) is 4. The summed E-state index contributed by atoms with van der Waals surface area (Å²) in [5.74, 6) is 1.22. The van der Waals surface area contributed by atoms with E-state index in [1.807, 2.05) is 62.6 Å². The predicted molar refractivity (Wildman–Crippen MR) is 272 cm³/mol. The highest BCUT2D eigenvalue weighted by Gasteiger charge is 2.39. The fraction of sp³-hybridized carbons (Fsp3) is 0.554. The van der Waals surface area contributed by atoms with Crippen molar-refractivity contribution in [2.75, 3.05) is 25.0 Å². The van der Waals surface area contributed by atoms with Crippen LogP contribution in [0.3, 0.4) is 0 Å². The molecule has 9 rings (SSSR count). The highest BCUT2D eigenvalue weighted by Crippen LogP contribution is 2.39. The number of amides is 5. The lowest BCUT2D eigenvalue weighted by atomic mass is 9.91. The molecule has 0 saturated carbocycles. The number of aliphatic imine (C=N–C) groups is 1. The molecule has 14 heteroatoms. The molecule has 1 aromatic heterocycles. The lowest BCUT2D eigenvalue weighted by Gasteiger charge is -2.31. The van der Waals surface area contributed by atoms with Gasteiger partial charge in [0.1, 0.15) is 23.7 Å². The largest absolute Gasteiger partial charge is 0.493 e. The quantitative estimate of drug-likeness (QED) is 0.104. The number of carbonyl (C=O) groups excluding carboxylic acids is 5. The smallest absolute Gasteiger partial charge is 0.246 e. The first kappa shape index (κ1) is 49.0. The van der Waals surface area contributed by atoms with Gasteiger partial charge in [-0.05, 0) is 153 Å². The summed E-state index contributed by atoms with van der Waals surface area (Å²) < 4.78 is 6.59. The zero-order valence-corrected chi connectivity index (χ0v) is 42.0. The number of benzene rings is 3. The molecule has 0 spiro atoms. The molecule has 5 aliphatic rings. The number of hydrogen-bond donors (Lipinski definition) is 4. The van der Waals surface area contributed by atoms with E-state index >= 15 is 0 Å². The molecule has 6 unspecified atom stereocenters. The van der Waals surface area contributed by atoms with E-state index in [0.29, 0.717) is 44.9 Å². The van der Waals surface area contributed by atoms with Crippen LogP contribution in [0.1, 0.15) is 151 Å². The monoisotopic (exact) mass is 953 g/mol. The van der Waals surface area contributed by atoms with Gasteiger partial charge in [0.25, 0.3) is 0 Å². The number of aromatic nitrogens is 2. The van der Waals surface area contributed by atoms with Crippen molar-refractivity contribution < 1.29 is 28.7 Å². The van der Waals surface area contributed by atoms with Crippen molar-refractivity contribution in [1.82, 2.24) is 30.4 Å². The van der Waals surface area contributed by atoms with Crippen LogP contribution < -0.4 is 20.7 Å². The summed E-state index contributed by atoms with van der Waals surface area (Å²) in [5, 5.41) is 9.20. The van der Waals surface area contributed by atoms with Crippen LogP contribution in [0, 0.1) is 17.8 Å². The van der Waals surface area contributed by atoms with E-state index in [1.165, 1.54) is 11.1 Å². The van der Waals surface area contributed by atoms with Gasteiger partial charge in [-0.2, -0.15) is 0 Å². The van der Waals surface area contributed by atoms with Gasteiger partial charge < -0.3 is 35.5 Å². The number of aromatic amines is 1. The van der Waals surface area contributed by atoms with Crippen LogP contribution in [0.25, 0.3) is 11.0 Å². The Morgan fingerprint density at radius 2 is 1.43 bits per heavy atom. The van der Waals surface area contributed by atoms with E-state index in [0.717, 1.165) is 127 Å². The molecule has 14 nitrogen and oxygen atoms in total. The normalized spacial score (nSPS) is 22.2. The third-order valence-corrected chi connectivity index (χ3v) is 15.5. The second-order valence-corrected chi connectivity index (χ2v) is 21.1. The Labute approximate surface area is 412 Å². The third-order valence-electron chi connectivity index (χ3n) is 15.5. The fourth-order valence-electron chi connectivity index (χ4n) is 11.5. The minimum Gasteiger partial charge on any atom is -0.493 e. The zero-order valence-electron chi connectivity index (χ0n) is 42.0. The molecule has 4 N–H and O–H groups in total. The van der Waals surface area contributed by atoms with Gasteiger partial charge in [-0.25, -0.2) is 4.98 Å². The summed E-state index contributed by atoms with van der Waals surface area (Å²) in [6, 6.07) is 15.6. The fourth-order valence-corrected chi connectivity index (χ4v) is 11.5. The molecule has 4 aromatic rings. The van der Waals surface area contributed by atoms with Crippen LogP contribution in [-0.2, 0) is 49.7 Å². The Morgan fingerprint density at radius 1 is 0.743 bits per heavy atom. The van der Waals surface area contributed by atoms with Crippen LogP contribution in [0.5, 0.6) is 5.75 Å². The van der Waals surface area contributed by atoms with Crippen molar-refractivity contribution in [2.45, 2.75) is 162 Å². The molecule has 2 fully saturated rings. The minimum atomic E-state index is -0.590. The zero-order chi connectivity index (χ0) is 49.2. The van der Waals surface area contributed by atoms with Crippen molar-refractivity contribution >= 4 is 57.7 Å². The van der Waals surface area contributed by atoms with Crippen LogP contribution >= 0.6 is 0 Å². The first-order valence-corrected chi connectivity index (χ1v) is 26.3. The van der Waals surface area contributed by atoms with Gasteiger partial charge in [0.05, 0.1) is 41.3 Å². The van der Waals surface area contributed by atoms with Gasteiger partial charge in [-0.1, -0.05) is 59.7 Å². The molecule has 70 heavy (non-hydrogen) atoms. The number of hydrogen-bond acceptors (Lipinski definition) is 8. The molecule has 3 aromatic carbocycles. The van der Waals surface area contributed by atoms with Crippen LogP contribution in [-0.4, -0.2) is 92.8 Å². The molecule has 0 aliphatic carbocycles. The Balaban J connectivity index is 0.827. The lowest BCUT2D eigenvalue weighted by Crippen LogP contribution is -2.53. The molecular weight excluding hydrogens is 881 g/mol. The average Bonchev–Trinajstić information content (AvgIpc) is 4.05. The number of imidazole rings is 1. The lowest BCUT2D eigenvalue weighted by molar-refractivity contribution is -0.138. The summed E-state index contributed by atoms with van der Waals surface area (Å²) >= 11 is 0. The van der Waals surface area contributed by atoms with Crippen molar-refractivity contribution in [2.24, 2.45) is 22.7 Å². The second kappa shape index (κ2) is 21.1. The van der Waals surface area contributed by atoms with E-state index in [-0.39, 0.29) is 59.4 Å². The van der Waals surface area contributed by atoms with E-state index in [1.54, 1.807) is 6.92 Å². The second-order valence-electron chi connectivity index (χ2n) is 21.1. The molecule has 0 radical (unpaired) electrons. The van der Waals surface area contributed by atoms with Crippen molar-refractivity contribution in [1.29, 1.82) is 0 Å². The molecule has 372 valence electrons. The van der Waals surface area contributed by atoms with E-state index < -0.39 is 12.1 Å². The maximum atomic E-state index is 14.0. The number of fused-ring (bicyclic) bond motifs is 4. The molecule has 5 amide bonds. The molecule has 6 heterocycles. The standard InChI is InChI=1S/C56H72N8O6/c1-7-49(65)61-51(32(3)4)55(68)63-24-10-14-46(63)43-13-9-12-37-27-34(17-22-41(37)57-43)26-35-16-18-39-29-44-38(30-48(39)70-31-35)19-21-40(54(67)60-44)36-20-23-42-45(28-36)59-53(58-42)47-15-11-25-64(47)56(69)52(33(5)6)62-50(66)8-2/h17,20,22-23,27-30,32-33,35,40,46-47,51-52H,7-16,18-19,21,24-26,31H2,1-6H3,(H,58,59)(H,60,67)(H,61,65)(H,62,66). The van der Waals surface area contributed by atoms with Crippen LogP contribution in [0.4, 0.5) is 11.4 Å². The third kappa shape index (κ3) is 10.4. The molecule has 0 bridgehead atoms. The topological polar surface area (TPSA) is 178 Å². The average molecular weight is 953 g/mol. The number of aryl methyl sites for hydroxylation is 3. The number of rotatable bonds is 13. The maximum absolute atomic E-state index is 14.0. The number of H-pyrrole nitrogens is 1. The van der Waals surface area contributed by atoms with Gasteiger partial charge >= 0.3 is 0 Å². The Bertz CT molecular complexity index is 2670. The van der Waals surface area contributed by atoms with Crippen LogP contribution in [0.15, 0.2) is 53.5 Å². The summed E-state index contributed by atoms with van der Waals surface area (Å²) in [6.07, 6.45) is 11.0. The van der Waals surface area contributed by atoms with Gasteiger partial charge in [0, 0.05) is 37.3 Å². The Hall–Kier alpha value is -6.05. The molecular formula is C56H72N8O6. The summed E-state index contributed by atoms with van der Waals surface area (Å²) in [6.45, 7) is 13.4. The SMILES string of the molecule is CCC(=O)NC(C(=O)N1CCCC1C1=Nc2ccc(CC3CCc4cc5c(cc4OC3)CCC(c3ccc4nc(C6CCCN6C(=O)C(NC(=O)CC)C(C)C)[nH]c4c3)C(=O)N5)cc2CCC1)C(C)C. The first-order valence-electron chi connectivity index (χ1n) is 26.3.